The monoisotopic (exact) mass is 255 g/mol. The van der Waals surface area contributed by atoms with Crippen LogP contribution in [0, 0.1) is 5.92 Å². The highest BCUT2D eigenvalue weighted by molar-refractivity contribution is 8.13. The highest BCUT2D eigenvalue weighted by Crippen LogP contribution is 2.19. The minimum absolute atomic E-state index is 0.0885. The van der Waals surface area contributed by atoms with Gasteiger partial charge in [0.1, 0.15) is 0 Å². The maximum absolute atomic E-state index is 11.0. The molecule has 0 bridgehead atoms. The summed E-state index contributed by atoms with van der Waals surface area (Å²) in [6, 6.07) is 0. The van der Waals surface area contributed by atoms with E-state index in [1.807, 2.05) is 6.92 Å². The van der Waals surface area contributed by atoms with Crippen molar-refractivity contribution in [3.8, 4) is 0 Å². The average molecular weight is 256 g/mol. The van der Waals surface area contributed by atoms with Gasteiger partial charge in [-0.1, -0.05) is 0 Å². The van der Waals surface area contributed by atoms with E-state index in [1.54, 1.807) is 0 Å². The predicted molar refractivity (Wildman–Crippen MR) is 60.6 cm³/mol. The normalized spacial score (nSPS) is 25.1. The van der Waals surface area contributed by atoms with Gasteiger partial charge in [-0.2, -0.15) is 0 Å². The zero-order valence-corrected chi connectivity index (χ0v) is 10.5. The maximum atomic E-state index is 11.0. The first-order valence-corrected chi connectivity index (χ1v) is 7.75. The zero-order chi connectivity index (χ0) is 11.3. The lowest BCUT2D eigenvalue weighted by atomic mass is 9.94. The molecule has 15 heavy (non-hydrogen) atoms. The lowest BCUT2D eigenvalue weighted by Crippen LogP contribution is -2.40. The second-order valence-corrected chi connectivity index (χ2v) is 6.63. The van der Waals surface area contributed by atoms with Crippen LogP contribution in [0.4, 0.5) is 0 Å². The molecule has 0 spiro atoms. The number of hydrogen-bond donors (Lipinski definition) is 1. The summed E-state index contributed by atoms with van der Waals surface area (Å²) < 4.78 is 27.5. The molecule has 6 heteroatoms. The van der Waals surface area contributed by atoms with Gasteiger partial charge in [-0.05, 0) is 32.2 Å². The Morgan fingerprint density at radius 3 is 2.80 bits per heavy atom. The Morgan fingerprint density at radius 2 is 2.33 bits per heavy atom. The number of hydrogen-bond acceptors (Lipinski definition) is 4. The van der Waals surface area contributed by atoms with Crippen LogP contribution < -0.4 is 5.32 Å². The minimum Gasteiger partial charge on any atom is -0.377 e. The first-order valence-electron chi connectivity index (χ1n) is 5.27. The van der Waals surface area contributed by atoms with E-state index in [1.165, 1.54) is 0 Å². The molecule has 0 aromatic carbocycles. The molecule has 0 amide bonds. The van der Waals surface area contributed by atoms with Crippen molar-refractivity contribution in [3.63, 3.8) is 0 Å². The van der Waals surface area contributed by atoms with Crippen LogP contribution in [0.5, 0.6) is 0 Å². The van der Waals surface area contributed by atoms with Crippen LogP contribution >= 0.6 is 10.7 Å². The summed E-state index contributed by atoms with van der Waals surface area (Å²) in [7, 11) is 1.78. The van der Waals surface area contributed by atoms with E-state index in [2.05, 4.69) is 5.32 Å². The molecule has 1 saturated heterocycles. The molecule has 0 aromatic heterocycles. The van der Waals surface area contributed by atoms with E-state index in [9.17, 15) is 8.42 Å². The Balaban J connectivity index is 2.55. The summed E-state index contributed by atoms with van der Waals surface area (Å²) in [5.41, 5.74) is 0. The number of nitrogens with one attached hydrogen (secondary N) is 1. The molecule has 1 fully saturated rings. The molecular weight excluding hydrogens is 238 g/mol. The quantitative estimate of drug-likeness (QED) is 0.744. The summed E-state index contributed by atoms with van der Waals surface area (Å²) in [5, 5.41) is 3.24. The molecule has 1 heterocycles. The largest absolute Gasteiger partial charge is 0.377 e. The standard InChI is InChI=1S/C9H18ClNO3S/c1-2-14-9(7-15(10,12)13)8-4-3-5-11-6-8/h8-9,11H,2-7H2,1H3. The SMILES string of the molecule is CCOC(CS(=O)(=O)Cl)C1CCCNC1. The Labute approximate surface area is 95.7 Å². The highest BCUT2D eigenvalue weighted by atomic mass is 35.7. The van der Waals surface area contributed by atoms with E-state index in [0.29, 0.717) is 6.61 Å². The number of rotatable bonds is 5. The minimum atomic E-state index is -3.48. The van der Waals surface area contributed by atoms with Crippen molar-refractivity contribution in [2.75, 3.05) is 25.4 Å². The van der Waals surface area contributed by atoms with Crippen molar-refractivity contribution in [1.29, 1.82) is 0 Å². The fourth-order valence-corrected chi connectivity index (χ4v) is 3.06. The molecule has 2 atom stereocenters. The van der Waals surface area contributed by atoms with Gasteiger partial charge in [0.25, 0.3) is 0 Å². The fraction of sp³-hybridized carbons (Fsp3) is 1.00. The van der Waals surface area contributed by atoms with Crippen molar-refractivity contribution < 1.29 is 13.2 Å². The van der Waals surface area contributed by atoms with E-state index >= 15 is 0 Å². The summed E-state index contributed by atoms with van der Waals surface area (Å²) >= 11 is 0. The summed E-state index contributed by atoms with van der Waals surface area (Å²) in [6.07, 6.45) is 1.80. The van der Waals surface area contributed by atoms with Crippen LogP contribution in [0.2, 0.25) is 0 Å². The molecule has 1 aliphatic rings. The van der Waals surface area contributed by atoms with Crippen molar-refractivity contribution >= 4 is 19.7 Å². The predicted octanol–water partition coefficient (Wildman–Crippen LogP) is 0.960. The molecule has 0 aromatic rings. The molecule has 1 N–H and O–H groups in total. The van der Waals surface area contributed by atoms with E-state index in [-0.39, 0.29) is 17.8 Å². The molecule has 2 unspecified atom stereocenters. The molecule has 90 valence electrons. The molecule has 1 rings (SSSR count). The van der Waals surface area contributed by atoms with E-state index in [4.69, 9.17) is 15.4 Å². The lowest BCUT2D eigenvalue weighted by Gasteiger charge is -2.29. The topological polar surface area (TPSA) is 55.4 Å². The second-order valence-electron chi connectivity index (χ2n) is 3.81. The fourth-order valence-electron chi connectivity index (χ4n) is 1.93. The summed E-state index contributed by atoms with van der Waals surface area (Å²) in [4.78, 5) is 0. The number of piperidine rings is 1. The van der Waals surface area contributed by atoms with E-state index < -0.39 is 9.05 Å². The van der Waals surface area contributed by atoms with Gasteiger partial charge < -0.3 is 10.1 Å². The number of ether oxygens (including phenoxy) is 1. The van der Waals surface area contributed by atoms with Gasteiger partial charge in [-0.3, -0.25) is 0 Å². The van der Waals surface area contributed by atoms with Gasteiger partial charge in [0.15, 0.2) is 0 Å². The van der Waals surface area contributed by atoms with Gasteiger partial charge in [-0.15, -0.1) is 0 Å². The number of halogens is 1. The maximum Gasteiger partial charge on any atom is 0.235 e. The van der Waals surface area contributed by atoms with Crippen LogP contribution in [0.15, 0.2) is 0 Å². The van der Waals surface area contributed by atoms with Crippen molar-refractivity contribution in [3.05, 3.63) is 0 Å². The Kier molecular flexibility index (Phi) is 5.32. The van der Waals surface area contributed by atoms with Crippen LogP contribution in [0.25, 0.3) is 0 Å². The molecular formula is C9H18ClNO3S. The molecule has 0 saturated carbocycles. The van der Waals surface area contributed by atoms with Crippen LogP contribution in [0.1, 0.15) is 19.8 Å². The van der Waals surface area contributed by atoms with Crippen molar-refractivity contribution in [1.82, 2.24) is 5.32 Å². The average Bonchev–Trinajstić information content (AvgIpc) is 2.17. The van der Waals surface area contributed by atoms with Gasteiger partial charge in [0.05, 0.1) is 11.9 Å². The van der Waals surface area contributed by atoms with Crippen LogP contribution in [-0.4, -0.2) is 40.0 Å². The molecule has 0 radical (unpaired) electrons. The smallest absolute Gasteiger partial charge is 0.235 e. The highest BCUT2D eigenvalue weighted by Gasteiger charge is 2.27. The summed E-state index contributed by atoms with van der Waals surface area (Å²) in [6.45, 7) is 4.21. The Bertz CT molecular complexity index is 275. The van der Waals surface area contributed by atoms with Gasteiger partial charge in [0.2, 0.25) is 9.05 Å². The summed E-state index contributed by atoms with van der Waals surface area (Å²) in [5.74, 6) is 0.168. The third-order valence-electron chi connectivity index (χ3n) is 2.60. The Hall–Kier alpha value is 0.160. The van der Waals surface area contributed by atoms with Crippen molar-refractivity contribution in [2.45, 2.75) is 25.9 Å². The third-order valence-corrected chi connectivity index (χ3v) is 3.71. The lowest BCUT2D eigenvalue weighted by molar-refractivity contribution is 0.0274. The first kappa shape index (κ1) is 13.2. The molecule has 1 aliphatic heterocycles. The van der Waals surface area contributed by atoms with E-state index in [0.717, 1.165) is 25.9 Å². The van der Waals surface area contributed by atoms with Crippen LogP contribution in [0.3, 0.4) is 0 Å². The van der Waals surface area contributed by atoms with Gasteiger partial charge in [-0.25, -0.2) is 8.42 Å². The van der Waals surface area contributed by atoms with Crippen molar-refractivity contribution in [2.24, 2.45) is 5.92 Å². The Morgan fingerprint density at radius 1 is 1.60 bits per heavy atom. The zero-order valence-electron chi connectivity index (χ0n) is 8.91. The molecule has 0 aliphatic carbocycles. The first-order chi connectivity index (χ1) is 7.03. The van der Waals surface area contributed by atoms with Gasteiger partial charge in [0, 0.05) is 23.8 Å². The third kappa shape index (κ3) is 5.15. The molecule has 4 nitrogen and oxygen atoms in total. The second kappa shape index (κ2) is 6.03. The van der Waals surface area contributed by atoms with Gasteiger partial charge >= 0.3 is 0 Å². The van der Waals surface area contributed by atoms with Crippen LogP contribution in [-0.2, 0) is 13.8 Å².